The number of carbonyl (C=O) groups is 1. The molecule has 0 spiro atoms. The van der Waals surface area contributed by atoms with Crippen molar-refractivity contribution in [2.24, 2.45) is 11.8 Å². The molecule has 0 saturated heterocycles. The van der Waals surface area contributed by atoms with Gasteiger partial charge in [-0.15, -0.1) is 0 Å². The summed E-state index contributed by atoms with van der Waals surface area (Å²) >= 11 is 0. The van der Waals surface area contributed by atoms with Crippen molar-refractivity contribution in [2.75, 3.05) is 6.54 Å². The van der Waals surface area contributed by atoms with Gasteiger partial charge in [0.05, 0.1) is 6.04 Å². The van der Waals surface area contributed by atoms with E-state index in [1.807, 2.05) is 6.92 Å². The predicted molar refractivity (Wildman–Crippen MR) is 67.2 cm³/mol. The summed E-state index contributed by atoms with van der Waals surface area (Å²) in [6.45, 7) is 9.42. The Morgan fingerprint density at radius 1 is 1.38 bits per heavy atom. The first kappa shape index (κ1) is 13.5. The smallest absolute Gasteiger partial charge is 0.237 e. The van der Waals surface area contributed by atoms with Gasteiger partial charge in [0.1, 0.15) is 0 Å². The van der Waals surface area contributed by atoms with Crippen LogP contribution in [0.4, 0.5) is 0 Å². The average Bonchev–Trinajstić information content (AvgIpc) is 2.98. The van der Waals surface area contributed by atoms with Crippen molar-refractivity contribution in [3.05, 3.63) is 0 Å². The molecule has 3 heteroatoms. The van der Waals surface area contributed by atoms with Gasteiger partial charge in [0, 0.05) is 6.04 Å². The van der Waals surface area contributed by atoms with E-state index in [4.69, 9.17) is 0 Å². The summed E-state index contributed by atoms with van der Waals surface area (Å²) in [5, 5.41) is 6.39. The molecular formula is C13H26N2O. The summed E-state index contributed by atoms with van der Waals surface area (Å²) in [5.41, 5.74) is 0. The Morgan fingerprint density at radius 3 is 2.38 bits per heavy atom. The van der Waals surface area contributed by atoms with E-state index in [1.54, 1.807) is 0 Å². The quantitative estimate of drug-likeness (QED) is 0.696. The molecule has 3 nitrogen and oxygen atoms in total. The fourth-order valence-electron chi connectivity index (χ4n) is 1.92. The molecule has 3 unspecified atom stereocenters. The second-order valence-electron chi connectivity index (χ2n) is 5.13. The Bertz CT molecular complexity index is 226. The lowest BCUT2D eigenvalue weighted by atomic mass is 10.1. The van der Waals surface area contributed by atoms with Crippen LogP contribution in [0.3, 0.4) is 0 Å². The highest BCUT2D eigenvalue weighted by Crippen LogP contribution is 2.36. The van der Waals surface area contributed by atoms with Gasteiger partial charge in [-0.05, 0) is 44.6 Å². The van der Waals surface area contributed by atoms with Crippen molar-refractivity contribution >= 4 is 5.91 Å². The molecule has 1 saturated carbocycles. The lowest BCUT2D eigenvalue weighted by Gasteiger charge is -2.19. The van der Waals surface area contributed by atoms with Gasteiger partial charge in [-0.3, -0.25) is 4.79 Å². The van der Waals surface area contributed by atoms with E-state index in [0.717, 1.165) is 31.2 Å². The fraction of sp³-hybridized carbons (Fsp3) is 0.923. The van der Waals surface area contributed by atoms with E-state index in [9.17, 15) is 4.79 Å². The molecular weight excluding hydrogens is 200 g/mol. The van der Waals surface area contributed by atoms with Crippen molar-refractivity contribution in [2.45, 2.75) is 59.0 Å². The minimum Gasteiger partial charge on any atom is -0.352 e. The normalized spacial score (nSPS) is 25.6. The maximum atomic E-state index is 11.8. The molecule has 1 aliphatic rings. The van der Waals surface area contributed by atoms with E-state index >= 15 is 0 Å². The Hall–Kier alpha value is -0.570. The molecule has 1 fully saturated rings. The zero-order valence-electron chi connectivity index (χ0n) is 11.0. The molecule has 1 rings (SSSR count). The first-order valence-corrected chi connectivity index (χ1v) is 6.62. The third kappa shape index (κ3) is 4.12. The van der Waals surface area contributed by atoms with Crippen molar-refractivity contribution in [1.82, 2.24) is 10.6 Å². The maximum Gasteiger partial charge on any atom is 0.237 e. The third-order valence-corrected chi connectivity index (χ3v) is 3.69. The van der Waals surface area contributed by atoms with Gasteiger partial charge in [0.15, 0.2) is 0 Å². The Morgan fingerprint density at radius 2 is 1.94 bits per heavy atom. The highest BCUT2D eigenvalue weighted by atomic mass is 16.2. The SMILES string of the molecule is CCC(CC)NC(=O)C(C)NCC1CC1C. The van der Waals surface area contributed by atoms with Crippen LogP contribution in [-0.4, -0.2) is 24.5 Å². The molecule has 3 atom stereocenters. The van der Waals surface area contributed by atoms with Gasteiger partial charge in [0.2, 0.25) is 5.91 Å². The van der Waals surface area contributed by atoms with Crippen molar-refractivity contribution < 1.29 is 4.79 Å². The van der Waals surface area contributed by atoms with Gasteiger partial charge in [0.25, 0.3) is 0 Å². The lowest BCUT2D eigenvalue weighted by molar-refractivity contribution is -0.123. The number of hydrogen-bond acceptors (Lipinski definition) is 2. The minimum atomic E-state index is -0.0617. The van der Waals surface area contributed by atoms with Crippen molar-refractivity contribution in [1.29, 1.82) is 0 Å². The highest BCUT2D eigenvalue weighted by molar-refractivity contribution is 5.81. The second-order valence-corrected chi connectivity index (χ2v) is 5.13. The van der Waals surface area contributed by atoms with Crippen LogP contribution in [-0.2, 0) is 4.79 Å². The fourth-order valence-corrected chi connectivity index (χ4v) is 1.92. The number of nitrogens with one attached hydrogen (secondary N) is 2. The van der Waals surface area contributed by atoms with Crippen LogP contribution >= 0.6 is 0 Å². The standard InChI is InChI=1S/C13H26N2O/c1-5-12(6-2)15-13(16)10(4)14-8-11-7-9(11)3/h9-12,14H,5-8H2,1-4H3,(H,15,16). The van der Waals surface area contributed by atoms with Gasteiger partial charge >= 0.3 is 0 Å². The Labute approximate surface area is 99.4 Å². The van der Waals surface area contributed by atoms with Crippen LogP contribution in [0, 0.1) is 11.8 Å². The predicted octanol–water partition coefficient (Wildman–Crippen LogP) is 1.93. The summed E-state index contributed by atoms with van der Waals surface area (Å²) in [6, 6.07) is 0.269. The maximum absolute atomic E-state index is 11.8. The minimum absolute atomic E-state index is 0.0617. The van der Waals surface area contributed by atoms with Crippen LogP contribution in [0.15, 0.2) is 0 Å². The number of amides is 1. The molecule has 0 aromatic heterocycles. The van der Waals surface area contributed by atoms with Gasteiger partial charge in [-0.25, -0.2) is 0 Å². The third-order valence-electron chi connectivity index (χ3n) is 3.69. The number of carbonyl (C=O) groups excluding carboxylic acids is 1. The number of rotatable bonds is 7. The molecule has 0 aliphatic heterocycles. The molecule has 1 aliphatic carbocycles. The summed E-state index contributed by atoms with van der Waals surface area (Å²) in [7, 11) is 0. The molecule has 16 heavy (non-hydrogen) atoms. The molecule has 1 amide bonds. The summed E-state index contributed by atoms with van der Waals surface area (Å²) < 4.78 is 0. The molecule has 0 aromatic carbocycles. The van der Waals surface area contributed by atoms with Gasteiger partial charge in [-0.2, -0.15) is 0 Å². The van der Waals surface area contributed by atoms with E-state index in [-0.39, 0.29) is 11.9 Å². The zero-order valence-corrected chi connectivity index (χ0v) is 11.0. The number of hydrogen-bond donors (Lipinski definition) is 2. The monoisotopic (exact) mass is 226 g/mol. The highest BCUT2D eigenvalue weighted by Gasteiger charge is 2.32. The van der Waals surface area contributed by atoms with Crippen LogP contribution in [0.25, 0.3) is 0 Å². The summed E-state index contributed by atoms with van der Waals surface area (Å²) in [4.78, 5) is 11.8. The van der Waals surface area contributed by atoms with Crippen LogP contribution in [0.5, 0.6) is 0 Å². The van der Waals surface area contributed by atoms with E-state index in [1.165, 1.54) is 6.42 Å². The van der Waals surface area contributed by atoms with Crippen LogP contribution in [0.1, 0.15) is 47.0 Å². The largest absolute Gasteiger partial charge is 0.352 e. The van der Waals surface area contributed by atoms with Crippen LogP contribution in [0.2, 0.25) is 0 Å². The summed E-state index contributed by atoms with van der Waals surface area (Å²) in [6.07, 6.45) is 3.33. The van der Waals surface area contributed by atoms with Crippen molar-refractivity contribution in [3.8, 4) is 0 Å². The molecule has 2 N–H and O–H groups in total. The lowest BCUT2D eigenvalue weighted by Crippen LogP contribution is -2.46. The van der Waals surface area contributed by atoms with Crippen LogP contribution < -0.4 is 10.6 Å². The molecule has 0 bridgehead atoms. The van der Waals surface area contributed by atoms with E-state index < -0.39 is 0 Å². The van der Waals surface area contributed by atoms with E-state index in [0.29, 0.717) is 6.04 Å². The first-order chi connectivity index (χ1) is 7.58. The van der Waals surface area contributed by atoms with Gasteiger partial charge in [-0.1, -0.05) is 20.8 Å². The molecule has 0 aromatic rings. The van der Waals surface area contributed by atoms with Gasteiger partial charge < -0.3 is 10.6 Å². The molecule has 0 radical (unpaired) electrons. The molecule has 94 valence electrons. The topological polar surface area (TPSA) is 41.1 Å². The Kier molecular flexibility index (Phi) is 5.26. The average molecular weight is 226 g/mol. The molecule has 0 heterocycles. The second kappa shape index (κ2) is 6.24. The summed E-state index contributed by atoms with van der Waals surface area (Å²) in [5.74, 6) is 1.78. The van der Waals surface area contributed by atoms with Crippen molar-refractivity contribution in [3.63, 3.8) is 0 Å². The van der Waals surface area contributed by atoms with E-state index in [2.05, 4.69) is 31.4 Å². The first-order valence-electron chi connectivity index (χ1n) is 6.62. The Balaban J connectivity index is 2.18. The zero-order chi connectivity index (χ0) is 12.1.